The normalized spacial score (nSPS) is 12.8. The van der Waals surface area contributed by atoms with Crippen molar-refractivity contribution in [2.24, 2.45) is 0 Å². The number of rotatable bonds is 13. The summed E-state index contributed by atoms with van der Waals surface area (Å²) in [6.45, 7) is 6.07. The van der Waals surface area contributed by atoms with Crippen LogP contribution in [0.25, 0.3) is 0 Å². The molecular formula is C20H31NO8P-. The number of alkyl carbamates (subject to hydrolysis) is 1. The molecule has 0 fully saturated rings. The highest BCUT2D eigenvalue weighted by atomic mass is 31.2. The third-order valence-electron chi connectivity index (χ3n) is 4.21. The number of ether oxygens (including phenoxy) is 2. The zero-order valence-corrected chi connectivity index (χ0v) is 18.9. The molecule has 10 heteroatoms. The molecule has 0 aliphatic heterocycles. The van der Waals surface area contributed by atoms with Gasteiger partial charge in [0.15, 0.2) is 0 Å². The summed E-state index contributed by atoms with van der Waals surface area (Å²) < 4.78 is 30.3. The van der Waals surface area contributed by atoms with E-state index < -0.39 is 13.9 Å². The van der Waals surface area contributed by atoms with Crippen LogP contribution >= 0.6 is 7.82 Å². The van der Waals surface area contributed by atoms with Gasteiger partial charge >= 0.3 is 12.1 Å². The van der Waals surface area contributed by atoms with E-state index in [1.807, 2.05) is 26.0 Å². The van der Waals surface area contributed by atoms with E-state index in [1.54, 1.807) is 6.92 Å². The number of amides is 1. The summed E-state index contributed by atoms with van der Waals surface area (Å²) in [5.41, 5.74) is 2.42. The van der Waals surface area contributed by atoms with Crippen molar-refractivity contribution in [3.63, 3.8) is 0 Å². The number of phosphoric acid groups is 1. The Balaban J connectivity index is 2.24. The number of phosphoric ester groups is 1. The SMILES string of the molecule is CCC(=O)Oc1c(C)cc(COC(=O)NCCCCCCOP(=O)([O-])OC)cc1C. The minimum Gasteiger partial charge on any atom is -0.756 e. The van der Waals surface area contributed by atoms with E-state index in [0.29, 0.717) is 25.1 Å². The number of nitrogens with one attached hydrogen (secondary N) is 1. The molecule has 1 unspecified atom stereocenters. The molecule has 0 aliphatic rings. The highest BCUT2D eigenvalue weighted by Crippen LogP contribution is 2.36. The topological polar surface area (TPSA) is 123 Å². The van der Waals surface area contributed by atoms with Gasteiger partial charge in [-0.15, -0.1) is 0 Å². The summed E-state index contributed by atoms with van der Waals surface area (Å²) in [4.78, 5) is 34.3. The maximum absolute atomic E-state index is 11.8. The molecule has 1 rings (SSSR count). The monoisotopic (exact) mass is 444 g/mol. The lowest BCUT2D eigenvalue weighted by molar-refractivity contribution is -0.223. The van der Waals surface area contributed by atoms with Crippen molar-refractivity contribution in [3.8, 4) is 5.75 Å². The summed E-state index contributed by atoms with van der Waals surface area (Å²) in [6.07, 6.45) is 2.70. The molecule has 0 radical (unpaired) electrons. The molecule has 0 saturated heterocycles. The van der Waals surface area contributed by atoms with Crippen LogP contribution in [-0.2, 0) is 29.8 Å². The number of esters is 1. The highest BCUT2D eigenvalue weighted by molar-refractivity contribution is 7.45. The minimum atomic E-state index is -4.14. The van der Waals surface area contributed by atoms with Crippen molar-refractivity contribution in [2.75, 3.05) is 20.3 Å². The smallest absolute Gasteiger partial charge is 0.407 e. The third-order valence-corrected chi connectivity index (χ3v) is 5.15. The lowest BCUT2D eigenvalue weighted by atomic mass is 10.1. The van der Waals surface area contributed by atoms with Crippen LogP contribution in [0.2, 0.25) is 0 Å². The fraction of sp³-hybridized carbons (Fsp3) is 0.600. The molecule has 1 aromatic carbocycles. The first-order valence-corrected chi connectivity index (χ1v) is 11.4. The van der Waals surface area contributed by atoms with Gasteiger partial charge in [0.1, 0.15) is 12.4 Å². The second-order valence-corrected chi connectivity index (χ2v) is 8.28. The van der Waals surface area contributed by atoms with Crippen LogP contribution in [0.3, 0.4) is 0 Å². The fourth-order valence-corrected chi connectivity index (χ4v) is 3.13. The molecule has 0 heterocycles. The van der Waals surface area contributed by atoms with Gasteiger partial charge < -0.3 is 28.7 Å². The van der Waals surface area contributed by atoms with Gasteiger partial charge in [-0.2, -0.15) is 0 Å². The second-order valence-electron chi connectivity index (χ2n) is 6.77. The molecule has 1 atom stereocenters. The van der Waals surface area contributed by atoms with E-state index in [-0.39, 0.29) is 19.2 Å². The van der Waals surface area contributed by atoms with Gasteiger partial charge in [0.05, 0.1) is 6.61 Å². The maximum Gasteiger partial charge on any atom is 0.407 e. The summed E-state index contributed by atoms with van der Waals surface area (Å²) in [5.74, 6) is 0.248. The van der Waals surface area contributed by atoms with Crippen LogP contribution in [-0.4, -0.2) is 32.3 Å². The van der Waals surface area contributed by atoms with Gasteiger partial charge in [0.25, 0.3) is 7.82 Å². The van der Waals surface area contributed by atoms with E-state index in [4.69, 9.17) is 9.47 Å². The Kier molecular flexibility index (Phi) is 11.7. The van der Waals surface area contributed by atoms with Crippen molar-refractivity contribution < 1.29 is 37.6 Å². The summed E-state index contributed by atoms with van der Waals surface area (Å²) in [6, 6.07) is 3.65. The van der Waals surface area contributed by atoms with Gasteiger partial charge in [-0.25, -0.2) is 4.79 Å². The largest absolute Gasteiger partial charge is 0.756 e. The third kappa shape index (κ3) is 10.2. The van der Waals surface area contributed by atoms with Gasteiger partial charge in [0, 0.05) is 20.1 Å². The van der Waals surface area contributed by atoms with E-state index >= 15 is 0 Å². The number of aryl methyl sites for hydroxylation is 2. The first-order valence-electron chi connectivity index (χ1n) is 9.91. The Bertz CT molecular complexity index is 729. The number of carbonyl (C=O) groups excluding carboxylic acids is 2. The van der Waals surface area contributed by atoms with Crippen LogP contribution in [0.5, 0.6) is 5.75 Å². The first kappa shape index (κ1) is 26.1. The zero-order chi connectivity index (χ0) is 22.6. The molecular weight excluding hydrogens is 413 g/mol. The number of hydrogen-bond donors (Lipinski definition) is 1. The molecule has 0 saturated carbocycles. The predicted octanol–water partition coefficient (Wildman–Crippen LogP) is 3.54. The Morgan fingerprint density at radius 3 is 2.33 bits per heavy atom. The number of benzene rings is 1. The van der Waals surface area contributed by atoms with Crippen LogP contribution in [0.15, 0.2) is 12.1 Å². The van der Waals surface area contributed by atoms with Gasteiger partial charge in [-0.3, -0.25) is 9.36 Å². The van der Waals surface area contributed by atoms with Crippen molar-refractivity contribution >= 4 is 19.9 Å². The lowest BCUT2D eigenvalue weighted by Gasteiger charge is -2.19. The summed E-state index contributed by atoms with van der Waals surface area (Å²) in [7, 11) is -3.09. The number of hydrogen-bond acceptors (Lipinski definition) is 8. The van der Waals surface area contributed by atoms with Crippen LogP contribution in [0, 0.1) is 13.8 Å². The van der Waals surface area contributed by atoms with E-state index in [1.165, 1.54) is 0 Å². The average molecular weight is 444 g/mol. The van der Waals surface area contributed by atoms with E-state index in [2.05, 4.69) is 14.4 Å². The molecule has 0 bridgehead atoms. The van der Waals surface area contributed by atoms with Crippen LogP contribution < -0.4 is 14.9 Å². The molecule has 1 aromatic rings. The Morgan fingerprint density at radius 1 is 1.10 bits per heavy atom. The molecule has 9 nitrogen and oxygen atoms in total. The summed E-state index contributed by atoms with van der Waals surface area (Å²) in [5, 5.41) is 2.68. The predicted molar refractivity (Wildman–Crippen MR) is 109 cm³/mol. The molecule has 170 valence electrons. The van der Waals surface area contributed by atoms with Crippen LogP contribution in [0.1, 0.15) is 55.7 Å². The van der Waals surface area contributed by atoms with Crippen molar-refractivity contribution in [1.82, 2.24) is 5.32 Å². The molecule has 1 N–H and O–H groups in total. The quantitative estimate of drug-likeness (QED) is 0.212. The van der Waals surface area contributed by atoms with E-state index in [9.17, 15) is 19.0 Å². The molecule has 30 heavy (non-hydrogen) atoms. The summed E-state index contributed by atoms with van der Waals surface area (Å²) >= 11 is 0. The van der Waals surface area contributed by atoms with Crippen LogP contribution in [0.4, 0.5) is 4.79 Å². The average Bonchev–Trinajstić information content (AvgIpc) is 2.70. The van der Waals surface area contributed by atoms with Gasteiger partial charge in [0.2, 0.25) is 0 Å². The maximum atomic E-state index is 11.8. The van der Waals surface area contributed by atoms with Gasteiger partial charge in [-0.05, 0) is 55.5 Å². The van der Waals surface area contributed by atoms with E-state index in [0.717, 1.165) is 43.1 Å². The fourth-order valence-electron chi connectivity index (χ4n) is 2.67. The highest BCUT2D eigenvalue weighted by Gasteiger charge is 2.11. The van der Waals surface area contributed by atoms with Gasteiger partial charge in [-0.1, -0.05) is 19.8 Å². The number of unbranched alkanes of at least 4 members (excludes halogenated alkanes) is 3. The first-order chi connectivity index (χ1) is 14.2. The standard InChI is InChI=1S/C20H32NO8P/c1-5-18(22)29-19-15(2)12-17(13-16(19)3)14-27-20(23)21-10-8-6-7-9-11-28-30(24,25)26-4/h12-13H,5-11,14H2,1-4H3,(H,21,23)(H,24,25)/p-1. The Hall–Kier alpha value is -1.93. The molecule has 0 spiro atoms. The lowest BCUT2D eigenvalue weighted by Crippen LogP contribution is -2.25. The molecule has 1 amide bonds. The second kappa shape index (κ2) is 13.4. The van der Waals surface area contributed by atoms with Crippen molar-refractivity contribution in [2.45, 2.75) is 59.5 Å². The Morgan fingerprint density at radius 2 is 1.73 bits per heavy atom. The molecule has 0 aromatic heterocycles. The minimum absolute atomic E-state index is 0.0827. The zero-order valence-electron chi connectivity index (χ0n) is 18.0. The number of carbonyl (C=O) groups is 2. The van der Waals surface area contributed by atoms with Crippen molar-refractivity contribution in [3.05, 3.63) is 28.8 Å². The Labute approximate surface area is 177 Å². The molecule has 0 aliphatic carbocycles. The van der Waals surface area contributed by atoms with Crippen molar-refractivity contribution in [1.29, 1.82) is 0 Å².